The van der Waals surface area contributed by atoms with Crippen LogP contribution in [0.15, 0.2) is 11.3 Å². The van der Waals surface area contributed by atoms with Crippen LogP contribution in [0, 0.1) is 18.8 Å². The van der Waals surface area contributed by atoms with E-state index in [1.807, 2.05) is 47.7 Å². The van der Waals surface area contributed by atoms with E-state index < -0.39 is 0 Å². The number of rotatable bonds is 2. The van der Waals surface area contributed by atoms with Gasteiger partial charge in [-0.3, -0.25) is 10.1 Å². The highest BCUT2D eigenvalue weighted by Gasteiger charge is 2.15. The van der Waals surface area contributed by atoms with Crippen molar-refractivity contribution in [2.45, 2.75) is 94.9 Å². The highest BCUT2D eigenvalue weighted by atomic mass is 15.4. The molecule has 162 valence electrons. The summed E-state index contributed by atoms with van der Waals surface area (Å²) in [5.74, 6) is 13.1. The van der Waals surface area contributed by atoms with Crippen molar-refractivity contribution in [1.82, 2.24) is 15.2 Å². The van der Waals surface area contributed by atoms with E-state index in [0.717, 1.165) is 49.9 Å². The number of hydrogen-bond acceptors (Lipinski definition) is 4. The lowest BCUT2D eigenvalue weighted by Crippen LogP contribution is -2.37. The van der Waals surface area contributed by atoms with Gasteiger partial charge in [-0.2, -0.15) is 10.2 Å². The molecule has 1 aliphatic rings. The van der Waals surface area contributed by atoms with Crippen molar-refractivity contribution in [3.05, 3.63) is 17.5 Å². The molecule has 0 spiro atoms. The number of amidine groups is 1. The summed E-state index contributed by atoms with van der Waals surface area (Å²) in [5, 5.41) is 12.2. The molecule has 2 rings (SSSR count). The summed E-state index contributed by atoms with van der Waals surface area (Å²) in [6.07, 6.45) is 6.23. The van der Waals surface area contributed by atoms with E-state index in [9.17, 15) is 0 Å². The summed E-state index contributed by atoms with van der Waals surface area (Å²) < 4.78 is 0. The molecule has 27 heavy (non-hydrogen) atoms. The largest absolute Gasteiger partial charge is 0.322 e. The van der Waals surface area contributed by atoms with Gasteiger partial charge in [0, 0.05) is 18.7 Å². The van der Waals surface area contributed by atoms with Crippen LogP contribution in [-0.4, -0.2) is 27.6 Å². The zero-order valence-corrected chi connectivity index (χ0v) is 19.8. The first kappa shape index (κ1) is 30.2. The van der Waals surface area contributed by atoms with Gasteiger partial charge < -0.3 is 5.84 Å². The van der Waals surface area contributed by atoms with Gasteiger partial charge in [-0.1, -0.05) is 62.3 Å². The van der Waals surface area contributed by atoms with E-state index in [2.05, 4.69) is 43.0 Å². The molecule has 1 atom stereocenters. The molecular weight excluding hydrogens is 336 g/mol. The van der Waals surface area contributed by atoms with E-state index in [4.69, 9.17) is 11.7 Å². The van der Waals surface area contributed by atoms with Crippen molar-refractivity contribution >= 4 is 5.84 Å². The average molecular weight is 385 g/mol. The molecule has 6 heteroatoms. The fourth-order valence-electron chi connectivity index (χ4n) is 2.31. The third-order valence-corrected chi connectivity index (χ3v) is 3.77. The zero-order chi connectivity index (χ0) is 21.8. The normalized spacial score (nSPS) is 17.1. The second kappa shape index (κ2) is 20.7. The molecule has 1 fully saturated rings. The first-order valence-electron chi connectivity index (χ1n) is 10.7. The molecule has 1 saturated heterocycles. The maximum atomic E-state index is 5.67. The van der Waals surface area contributed by atoms with Crippen LogP contribution in [0.4, 0.5) is 0 Å². The van der Waals surface area contributed by atoms with Gasteiger partial charge in [-0.15, -0.1) is 0 Å². The summed E-state index contributed by atoms with van der Waals surface area (Å²) in [5.41, 5.74) is 2.55. The number of hydrazine groups is 1. The summed E-state index contributed by atoms with van der Waals surface area (Å²) in [6.45, 7) is 21.6. The van der Waals surface area contributed by atoms with Gasteiger partial charge in [-0.25, -0.2) is 5.84 Å². The third-order valence-electron chi connectivity index (χ3n) is 3.77. The highest BCUT2D eigenvalue weighted by molar-refractivity contribution is 5.81. The predicted molar refractivity (Wildman–Crippen MR) is 121 cm³/mol. The smallest absolute Gasteiger partial charge is 0.138 e. The summed E-state index contributed by atoms with van der Waals surface area (Å²) in [6, 6.07) is 0. The lowest BCUT2D eigenvalue weighted by Gasteiger charge is -2.15. The Kier molecular flexibility index (Phi) is 23.2. The SMILES string of the molecule is CC.CC.CC.CC1CC/C(=N/N)N(N)CC1.Cc1[nH]ncc1CC(C)C. The lowest BCUT2D eigenvalue weighted by atomic mass is 10.0. The Bertz CT molecular complexity index is 440. The molecule has 2 heterocycles. The van der Waals surface area contributed by atoms with Crippen molar-refractivity contribution in [3.8, 4) is 0 Å². The van der Waals surface area contributed by atoms with Gasteiger partial charge in [-0.05, 0) is 43.6 Å². The average Bonchev–Trinajstić information content (AvgIpc) is 3.01. The molecule has 1 aromatic rings. The van der Waals surface area contributed by atoms with Gasteiger partial charge in [0.15, 0.2) is 0 Å². The maximum absolute atomic E-state index is 5.67. The minimum atomic E-state index is 0.719. The number of H-pyrrole nitrogens is 1. The number of nitrogens with one attached hydrogen (secondary N) is 1. The fourth-order valence-corrected chi connectivity index (χ4v) is 2.31. The van der Waals surface area contributed by atoms with Crippen LogP contribution in [0.25, 0.3) is 0 Å². The standard InChI is InChI=1S/C8H14N2.C7H16N4.3C2H6/c1-6(2)4-8-5-9-10-7(8)3;1-6-2-3-7(10-8)11(9)5-4-6;3*1-2/h5-6H,4H2,1-3H3,(H,9,10);6H,2-5,8-9H2,1H3;3*1-2H3/b;10-7-;;;. The molecule has 0 bridgehead atoms. The number of nitrogens with two attached hydrogens (primary N) is 2. The van der Waals surface area contributed by atoms with Crippen molar-refractivity contribution in [1.29, 1.82) is 0 Å². The minimum Gasteiger partial charge on any atom is -0.322 e. The van der Waals surface area contributed by atoms with E-state index in [1.165, 1.54) is 11.3 Å². The number of nitrogens with zero attached hydrogens (tertiary/aromatic N) is 3. The fraction of sp³-hybridized carbons (Fsp3) is 0.810. The number of hydrogen-bond donors (Lipinski definition) is 3. The van der Waals surface area contributed by atoms with Crippen LogP contribution >= 0.6 is 0 Å². The summed E-state index contributed by atoms with van der Waals surface area (Å²) in [7, 11) is 0. The first-order valence-corrected chi connectivity index (χ1v) is 10.7. The van der Waals surface area contributed by atoms with Crippen LogP contribution in [0.2, 0.25) is 0 Å². The molecule has 1 aromatic heterocycles. The molecular formula is C21H48N6. The number of hydrazone groups is 1. The molecule has 0 amide bonds. The van der Waals surface area contributed by atoms with Crippen molar-refractivity contribution in [2.24, 2.45) is 28.6 Å². The topological polar surface area (TPSA) is 96.3 Å². The van der Waals surface area contributed by atoms with Crippen molar-refractivity contribution in [3.63, 3.8) is 0 Å². The molecule has 0 aliphatic carbocycles. The van der Waals surface area contributed by atoms with E-state index in [1.54, 1.807) is 5.01 Å². The first-order chi connectivity index (χ1) is 12.9. The Labute approximate surface area is 169 Å². The molecule has 6 nitrogen and oxygen atoms in total. The van der Waals surface area contributed by atoms with Gasteiger partial charge in [0.2, 0.25) is 0 Å². The number of aromatic nitrogens is 2. The van der Waals surface area contributed by atoms with Gasteiger partial charge in [0.1, 0.15) is 5.84 Å². The Hall–Kier alpha value is -1.56. The quantitative estimate of drug-likeness (QED) is 0.479. The molecule has 0 aromatic carbocycles. The molecule has 0 radical (unpaired) electrons. The second-order valence-electron chi connectivity index (χ2n) is 6.29. The van der Waals surface area contributed by atoms with E-state index >= 15 is 0 Å². The number of aromatic amines is 1. The van der Waals surface area contributed by atoms with Crippen molar-refractivity contribution in [2.75, 3.05) is 6.54 Å². The van der Waals surface area contributed by atoms with Gasteiger partial charge in [0.05, 0.1) is 6.20 Å². The molecule has 1 unspecified atom stereocenters. The summed E-state index contributed by atoms with van der Waals surface area (Å²) in [4.78, 5) is 0. The summed E-state index contributed by atoms with van der Waals surface area (Å²) >= 11 is 0. The highest BCUT2D eigenvalue weighted by Crippen LogP contribution is 2.15. The number of aryl methyl sites for hydroxylation is 1. The Morgan fingerprint density at radius 3 is 2.15 bits per heavy atom. The zero-order valence-electron chi connectivity index (χ0n) is 19.8. The maximum Gasteiger partial charge on any atom is 0.138 e. The van der Waals surface area contributed by atoms with Crippen LogP contribution in [0.3, 0.4) is 0 Å². The molecule has 0 saturated carbocycles. The van der Waals surface area contributed by atoms with Crippen molar-refractivity contribution < 1.29 is 0 Å². The Morgan fingerprint density at radius 2 is 1.74 bits per heavy atom. The minimum absolute atomic E-state index is 0.719. The van der Waals surface area contributed by atoms with Gasteiger partial charge >= 0.3 is 0 Å². The van der Waals surface area contributed by atoms with Crippen LogP contribution < -0.4 is 11.7 Å². The lowest BCUT2D eigenvalue weighted by molar-refractivity contribution is 0.402. The van der Waals surface area contributed by atoms with Crippen LogP contribution in [0.1, 0.15) is 92.8 Å². The predicted octanol–water partition coefficient (Wildman–Crippen LogP) is 5.25. The molecule has 5 N–H and O–H groups in total. The Morgan fingerprint density at radius 1 is 1.19 bits per heavy atom. The van der Waals surface area contributed by atoms with Crippen LogP contribution in [0.5, 0.6) is 0 Å². The Balaban J connectivity index is -0.000000335. The molecule has 1 aliphatic heterocycles. The van der Waals surface area contributed by atoms with Crippen LogP contribution in [-0.2, 0) is 6.42 Å². The van der Waals surface area contributed by atoms with E-state index in [0.29, 0.717) is 0 Å². The van der Waals surface area contributed by atoms with E-state index in [-0.39, 0.29) is 0 Å². The monoisotopic (exact) mass is 384 g/mol. The second-order valence-corrected chi connectivity index (χ2v) is 6.29. The third kappa shape index (κ3) is 15.2. The van der Waals surface area contributed by atoms with Gasteiger partial charge in [0.25, 0.3) is 0 Å².